The zero-order chi connectivity index (χ0) is 20.1. The molecule has 5 heteroatoms. The van der Waals surface area contributed by atoms with Gasteiger partial charge in [-0.2, -0.15) is 0 Å². The van der Waals surface area contributed by atoms with E-state index >= 15 is 0 Å². The van der Waals surface area contributed by atoms with Crippen LogP contribution >= 0.6 is 0 Å². The standard InChI is InChI=1S/C23H32N4O/c1-5-6-10-25(4)21-15-20(16-24-17-21)23(28)27-13-11-26(12-14-27)22-9-7-8-18(2)19(22)3/h7-9,15-17H,5-6,10-14H2,1-4H3. The van der Waals surface area contributed by atoms with Gasteiger partial charge in [0.2, 0.25) is 0 Å². The number of piperazine rings is 1. The van der Waals surface area contributed by atoms with Crippen LogP contribution in [0.4, 0.5) is 11.4 Å². The number of hydrogen-bond donors (Lipinski definition) is 0. The highest BCUT2D eigenvalue weighted by Crippen LogP contribution is 2.24. The topological polar surface area (TPSA) is 39.7 Å². The third-order valence-corrected chi connectivity index (χ3v) is 5.74. The van der Waals surface area contributed by atoms with E-state index in [1.54, 1.807) is 6.20 Å². The van der Waals surface area contributed by atoms with Crippen molar-refractivity contribution in [3.05, 3.63) is 53.3 Å². The molecule has 1 aromatic carbocycles. The van der Waals surface area contributed by atoms with E-state index in [4.69, 9.17) is 0 Å². The van der Waals surface area contributed by atoms with Gasteiger partial charge in [0.05, 0.1) is 17.4 Å². The molecular formula is C23H32N4O. The number of hydrogen-bond acceptors (Lipinski definition) is 4. The van der Waals surface area contributed by atoms with Crippen LogP contribution in [0.3, 0.4) is 0 Å². The van der Waals surface area contributed by atoms with E-state index < -0.39 is 0 Å². The Morgan fingerprint density at radius 1 is 1.14 bits per heavy atom. The SMILES string of the molecule is CCCCN(C)c1cncc(C(=O)N2CCN(c3cccc(C)c3C)CC2)c1. The molecule has 0 saturated carbocycles. The molecule has 0 atom stereocenters. The number of pyridine rings is 1. The zero-order valence-corrected chi connectivity index (χ0v) is 17.6. The smallest absolute Gasteiger partial charge is 0.255 e. The molecule has 1 aliphatic heterocycles. The summed E-state index contributed by atoms with van der Waals surface area (Å²) in [6.07, 6.45) is 5.82. The van der Waals surface area contributed by atoms with Crippen molar-refractivity contribution in [3.8, 4) is 0 Å². The van der Waals surface area contributed by atoms with E-state index in [-0.39, 0.29) is 5.91 Å². The molecule has 1 amide bonds. The van der Waals surface area contributed by atoms with Crippen LogP contribution in [0.5, 0.6) is 0 Å². The molecular weight excluding hydrogens is 348 g/mol. The molecule has 3 rings (SSSR count). The van der Waals surface area contributed by atoms with Gasteiger partial charge < -0.3 is 14.7 Å². The van der Waals surface area contributed by atoms with Gasteiger partial charge in [0, 0.05) is 51.7 Å². The maximum atomic E-state index is 13.0. The van der Waals surface area contributed by atoms with Gasteiger partial charge in [0.25, 0.3) is 5.91 Å². The molecule has 0 N–H and O–H groups in total. The van der Waals surface area contributed by atoms with Gasteiger partial charge >= 0.3 is 0 Å². The fraction of sp³-hybridized carbons (Fsp3) is 0.478. The van der Waals surface area contributed by atoms with Crippen LogP contribution < -0.4 is 9.80 Å². The van der Waals surface area contributed by atoms with Gasteiger partial charge in [-0.3, -0.25) is 9.78 Å². The van der Waals surface area contributed by atoms with E-state index in [0.29, 0.717) is 5.56 Å². The Bertz CT molecular complexity index is 812. The fourth-order valence-electron chi connectivity index (χ4n) is 3.69. The lowest BCUT2D eigenvalue weighted by Gasteiger charge is -2.37. The van der Waals surface area contributed by atoms with Crippen molar-refractivity contribution < 1.29 is 4.79 Å². The summed E-state index contributed by atoms with van der Waals surface area (Å²) in [5, 5.41) is 0. The monoisotopic (exact) mass is 380 g/mol. The third kappa shape index (κ3) is 4.46. The Kier molecular flexibility index (Phi) is 6.55. The third-order valence-electron chi connectivity index (χ3n) is 5.74. The van der Waals surface area contributed by atoms with Crippen LogP contribution in [0.2, 0.25) is 0 Å². The van der Waals surface area contributed by atoms with Crippen molar-refractivity contribution in [2.24, 2.45) is 0 Å². The van der Waals surface area contributed by atoms with Crippen molar-refractivity contribution in [1.82, 2.24) is 9.88 Å². The minimum Gasteiger partial charge on any atom is -0.373 e. The Hall–Kier alpha value is -2.56. The van der Waals surface area contributed by atoms with Gasteiger partial charge in [-0.15, -0.1) is 0 Å². The number of nitrogens with zero attached hydrogens (tertiary/aromatic N) is 4. The number of rotatable bonds is 6. The fourth-order valence-corrected chi connectivity index (χ4v) is 3.69. The first-order valence-corrected chi connectivity index (χ1v) is 10.3. The van der Waals surface area contributed by atoms with Crippen LogP contribution in [0.25, 0.3) is 0 Å². The predicted octanol–water partition coefficient (Wildman–Crippen LogP) is 3.90. The summed E-state index contributed by atoms with van der Waals surface area (Å²) < 4.78 is 0. The first-order chi connectivity index (χ1) is 13.5. The predicted molar refractivity (Wildman–Crippen MR) is 116 cm³/mol. The number of amides is 1. The molecule has 0 unspecified atom stereocenters. The first kappa shape index (κ1) is 20.2. The number of carbonyl (C=O) groups excluding carboxylic acids is 1. The molecule has 1 aliphatic rings. The minimum absolute atomic E-state index is 0.0823. The number of carbonyl (C=O) groups is 1. The van der Waals surface area contributed by atoms with Gasteiger partial charge in [-0.1, -0.05) is 25.5 Å². The molecule has 1 aromatic heterocycles. The van der Waals surface area contributed by atoms with Crippen molar-refractivity contribution in [3.63, 3.8) is 0 Å². The van der Waals surface area contributed by atoms with Gasteiger partial charge in [-0.05, 0) is 43.5 Å². The van der Waals surface area contributed by atoms with E-state index in [1.165, 1.54) is 16.8 Å². The second kappa shape index (κ2) is 9.09. The summed E-state index contributed by atoms with van der Waals surface area (Å²) in [6, 6.07) is 8.42. The van der Waals surface area contributed by atoms with Gasteiger partial charge in [0.15, 0.2) is 0 Å². The lowest BCUT2D eigenvalue weighted by molar-refractivity contribution is 0.0746. The minimum atomic E-state index is 0.0823. The number of benzene rings is 1. The zero-order valence-electron chi connectivity index (χ0n) is 17.6. The first-order valence-electron chi connectivity index (χ1n) is 10.3. The average Bonchev–Trinajstić information content (AvgIpc) is 2.73. The van der Waals surface area contributed by atoms with Crippen molar-refractivity contribution in [1.29, 1.82) is 0 Å². The average molecular weight is 381 g/mol. The normalized spacial score (nSPS) is 14.3. The molecule has 5 nitrogen and oxygen atoms in total. The van der Waals surface area contributed by atoms with E-state index in [1.807, 2.05) is 17.2 Å². The lowest BCUT2D eigenvalue weighted by Crippen LogP contribution is -2.49. The highest BCUT2D eigenvalue weighted by molar-refractivity contribution is 5.95. The Morgan fingerprint density at radius 2 is 1.89 bits per heavy atom. The van der Waals surface area contributed by atoms with Gasteiger partial charge in [-0.25, -0.2) is 0 Å². The number of aromatic nitrogens is 1. The molecule has 2 heterocycles. The molecule has 28 heavy (non-hydrogen) atoms. The second-order valence-corrected chi connectivity index (χ2v) is 7.71. The quantitative estimate of drug-likeness (QED) is 0.762. The van der Waals surface area contributed by atoms with E-state index in [2.05, 4.69) is 60.8 Å². The Balaban J connectivity index is 1.64. The second-order valence-electron chi connectivity index (χ2n) is 7.71. The maximum Gasteiger partial charge on any atom is 0.255 e. The highest BCUT2D eigenvalue weighted by Gasteiger charge is 2.23. The summed E-state index contributed by atoms with van der Waals surface area (Å²) in [5.74, 6) is 0.0823. The largest absolute Gasteiger partial charge is 0.373 e. The molecule has 0 aliphatic carbocycles. The van der Waals surface area contributed by atoms with E-state index in [9.17, 15) is 4.79 Å². The molecule has 150 valence electrons. The van der Waals surface area contributed by atoms with E-state index in [0.717, 1.165) is 51.3 Å². The summed E-state index contributed by atoms with van der Waals surface area (Å²) in [5.41, 5.74) is 5.61. The van der Waals surface area contributed by atoms with Crippen LogP contribution in [-0.2, 0) is 0 Å². The molecule has 0 bridgehead atoms. The molecule has 0 radical (unpaired) electrons. The lowest BCUT2D eigenvalue weighted by atomic mass is 10.1. The molecule has 2 aromatic rings. The Labute approximate surface area is 169 Å². The Morgan fingerprint density at radius 3 is 2.61 bits per heavy atom. The molecule has 0 spiro atoms. The van der Waals surface area contributed by atoms with Crippen LogP contribution in [0.15, 0.2) is 36.7 Å². The summed E-state index contributed by atoms with van der Waals surface area (Å²) in [7, 11) is 2.06. The number of unbranched alkanes of at least 4 members (excludes halogenated alkanes) is 1. The maximum absolute atomic E-state index is 13.0. The van der Waals surface area contributed by atoms with Crippen molar-refractivity contribution >= 4 is 17.3 Å². The molecule has 1 fully saturated rings. The van der Waals surface area contributed by atoms with Crippen LogP contribution in [0.1, 0.15) is 41.3 Å². The summed E-state index contributed by atoms with van der Waals surface area (Å²) in [4.78, 5) is 23.8. The van der Waals surface area contributed by atoms with Gasteiger partial charge in [0.1, 0.15) is 0 Å². The van der Waals surface area contributed by atoms with Crippen molar-refractivity contribution in [2.45, 2.75) is 33.6 Å². The number of aryl methyl sites for hydroxylation is 1. The van der Waals surface area contributed by atoms with Crippen molar-refractivity contribution in [2.75, 3.05) is 49.6 Å². The van der Waals surface area contributed by atoms with Crippen LogP contribution in [-0.4, -0.2) is 55.6 Å². The summed E-state index contributed by atoms with van der Waals surface area (Å²) in [6.45, 7) is 10.7. The number of anilines is 2. The summed E-state index contributed by atoms with van der Waals surface area (Å²) >= 11 is 0. The molecule has 1 saturated heterocycles. The highest BCUT2D eigenvalue weighted by atomic mass is 16.2. The van der Waals surface area contributed by atoms with Crippen LogP contribution in [0, 0.1) is 13.8 Å².